The Balaban J connectivity index is 0.000000149. The van der Waals surface area contributed by atoms with Crippen molar-refractivity contribution in [3.05, 3.63) is 112 Å². The zero-order chi connectivity index (χ0) is 48.0. The molecule has 10 heterocycles. The molecule has 10 rings (SSSR count). The van der Waals surface area contributed by atoms with Gasteiger partial charge in [0.05, 0.1) is 35.9 Å². The molecule has 0 radical (unpaired) electrons. The predicted molar refractivity (Wildman–Crippen MR) is 260 cm³/mol. The van der Waals surface area contributed by atoms with Gasteiger partial charge in [-0.2, -0.15) is 5.10 Å². The number of hydrogen-bond donors (Lipinski definition) is 3. The Morgan fingerprint density at radius 3 is 1.81 bits per heavy atom. The predicted octanol–water partition coefficient (Wildman–Crippen LogP) is 6.66. The molecule has 0 saturated carbocycles. The second-order valence-electron chi connectivity index (χ2n) is 19.0. The molecule has 4 aliphatic rings. The lowest BCUT2D eigenvalue weighted by Crippen LogP contribution is -2.40. The standard InChI is InChI=1S/C22H27N7O.C18H18ClN5O.C9H18N2O2/c1-15-5-4-6-17(24-15)22(30)28-11-3-2-7-19(28)18-14-29-20(25-18)8-9-21(26-29)27-12-10-16(23)13-27;1-12-5-4-6-13(20-12)18(25)23-10-3-2-7-15(23)14-11-24-17(21-14)9-8-16(19)22-24;1-9(2,3)13-8(12)11-7-4-5-10-6-7/h4-6,8-9,14,16,19H,2-3,7,10-13,23H2,1H3;4-6,8-9,11,15H,2-3,7,10H2,1H3;7,10H,4-6H2,1-3H3,(H,11,12)/t16-,19-;15-;7-/m000/s1. The molecule has 4 aliphatic heterocycles. The minimum Gasteiger partial charge on any atom is -0.444 e. The molecule has 18 nitrogen and oxygen atoms in total. The van der Waals surface area contributed by atoms with E-state index in [9.17, 15) is 14.4 Å². The van der Waals surface area contributed by atoms with Gasteiger partial charge in [-0.05, 0) is 141 Å². The fourth-order valence-corrected chi connectivity index (χ4v) is 9.23. The summed E-state index contributed by atoms with van der Waals surface area (Å²) < 4.78 is 8.62. The van der Waals surface area contributed by atoms with E-state index < -0.39 is 5.60 Å². The maximum atomic E-state index is 13.2. The summed E-state index contributed by atoms with van der Waals surface area (Å²) >= 11 is 5.96. The molecule has 360 valence electrons. The van der Waals surface area contributed by atoms with Crippen LogP contribution < -0.4 is 21.3 Å². The summed E-state index contributed by atoms with van der Waals surface area (Å²) in [6.07, 6.45) is 11.4. The number of nitrogens with zero attached hydrogens (tertiary/aromatic N) is 11. The molecule has 4 saturated heterocycles. The molecule has 3 amide bonds. The van der Waals surface area contributed by atoms with Gasteiger partial charge in [0.1, 0.15) is 28.0 Å². The topological polar surface area (TPSA) is 206 Å². The van der Waals surface area contributed by atoms with E-state index in [2.05, 4.69) is 35.6 Å². The lowest BCUT2D eigenvalue weighted by atomic mass is 9.99. The van der Waals surface area contributed by atoms with Gasteiger partial charge in [-0.3, -0.25) is 9.59 Å². The maximum Gasteiger partial charge on any atom is 0.407 e. The molecular weight excluding hydrogens is 884 g/mol. The van der Waals surface area contributed by atoms with Gasteiger partial charge < -0.3 is 35.8 Å². The van der Waals surface area contributed by atoms with Crippen LogP contribution in [0.1, 0.15) is 128 Å². The van der Waals surface area contributed by atoms with E-state index in [0.717, 1.165) is 124 Å². The molecule has 68 heavy (non-hydrogen) atoms. The summed E-state index contributed by atoms with van der Waals surface area (Å²) in [6.45, 7) is 14.4. The van der Waals surface area contributed by atoms with Crippen LogP contribution in [-0.2, 0) is 4.74 Å². The first-order chi connectivity index (χ1) is 32.7. The second-order valence-corrected chi connectivity index (χ2v) is 19.4. The summed E-state index contributed by atoms with van der Waals surface area (Å²) in [5.74, 6) is 0.844. The normalized spacial score (nSPS) is 20.7. The number of nitrogens with one attached hydrogen (secondary N) is 2. The minimum absolute atomic E-state index is 0.0276. The van der Waals surface area contributed by atoms with E-state index in [1.807, 2.05) is 104 Å². The molecular formula is C49H63ClN14O4. The molecule has 0 aromatic carbocycles. The van der Waals surface area contributed by atoms with Crippen LogP contribution >= 0.6 is 11.6 Å². The zero-order valence-electron chi connectivity index (χ0n) is 39.6. The zero-order valence-corrected chi connectivity index (χ0v) is 40.4. The number of hydrogen-bond acceptors (Lipinski definition) is 13. The lowest BCUT2D eigenvalue weighted by Gasteiger charge is -2.34. The molecule has 4 atom stereocenters. The molecule has 6 aromatic heterocycles. The maximum absolute atomic E-state index is 13.2. The van der Waals surface area contributed by atoms with Crippen LogP contribution in [-0.4, -0.2) is 124 Å². The van der Waals surface area contributed by atoms with Gasteiger partial charge in [-0.15, -0.1) is 5.10 Å². The Labute approximate surface area is 402 Å². The number of nitrogens with two attached hydrogens (primary N) is 1. The van der Waals surface area contributed by atoms with Gasteiger partial charge in [0.25, 0.3) is 11.8 Å². The SMILES string of the molecule is CC(C)(C)OC(=O)N[C@H]1CCNC1.Cc1cccc(C(=O)N2CCCC[C@H]2c2cn3nc(Cl)ccc3n2)n1.Cc1cccc(C(=O)N2CCCC[C@H]2c2cn3nc(N4CC[C@H](N)C4)ccc3n2)n1. The molecule has 4 N–H and O–H groups in total. The molecule has 0 aliphatic carbocycles. The number of carbonyl (C=O) groups is 3. The van der Waals surface area contributed by atoms with Crippen molar-refractivity contribution < 1.29 is 19.1 Å². The third kappa shape index (κ3) is 12.1. The first kappa shape index (κ1) is 48.2. The van der Waals surface area contributed by atoms with E-state index in [1.54, 1.807) is 22.7 Å². The van der Waals surface area contributed by atoms with Gasteiger partial charge in [0.15, 0.2) is 11.3 Å². The van der Waals surface area contributed by atoms with Crippen LogP contribution in [0.5, 0.6) is 0 Å². The summed E-state index contributed by atoms with van der Waals surface area (Å²) in [4.78, 5) is 61.7. The number of imidazole rings is 2. The van der Waals surface area contributed by atoms with Gasteiger partial charge in [-0.1, -0.05) is 23.7 Å². The molecule has 0 bridgehead atoms. The Morgan fingerprint density at radius 1 is 0.721 bits per heavy atom. The monoisotopic (exact) mass is 946 g/mol. The number of aromatic nitrogens is 8. The third-order valence-corrected chi connectivity index (χ3v) is 12.6. The Kier molecular flexibility index (Phi) is 15.2. The molecule has 0 spiro atoms. The van der Waals surface area contributed by atoms with E-state index in [0.29, 0.717) is 23.1 Å². The number of likely N-dealkylation sites (tertiary alicyclic amines) is 2. The fourth-order valence-electron chi connectivity index (χ4n) is 9.09. The Bertz CT molecular complexity index is 2710. The number of anilines is 1. The Hall–Kier alpha value is -6.24. The highest BCUT2D eigenvalue weighted by atomic mass is 35.5. The molecule has 6 aromatic rings. The summed E-state index contributed by atoms with van der Waals surface area (Å²) in [6, 6.07) is 19.0. The van der Waals surface area contributed by atoms with E-state index in [4.69, 9.17) is 32.2 Å². The van der Waals surface area contributed by atoms with E-state index in [-0.39, 0.29) is 42.1 Å². The largest absolute Gasteiger partial charge is 0.444 e. The average molecular weight is 948 g/mol. The third-order valence-electron chi connectivity index (χ3n) is 12.4. The van der Waals surface area contributed by atoms with E-state index >= 15 is 0 Å². The summed E-state index contributed by atoms with van der Waals surface area (Å²) in [5.41, 5.74) is 11.6. The van der Waals surface area contributed by atoms with Crippen LogP contribution in [0.2, 0.25) is 5.15 Å². The van der Waals surface area contributed by atoms with Crippen molar-refractivity contribution in [3.63, 3.8) is 0 Å². The average Bonchev–Trinajstić information content (AvgIpc) is 4.16. The number of rotatable bonds is 6. The van der Waals surface area contributed by atoms with Gasteiger partial charge in [0.2, 0.25) is 0 Å². The number of carbonyl (C=O) groups excluding carboxylic acids is 3. The van der Waals surface area contributed by atoms with Crippen molar-refractivity contribution in [2.75, 3.05) is 44.2 Å². The number of aryl methyl sites for hydroxylation is 2. The smallest absolute Gasteiger partial charge is 0.407 e. The Morgan fingerprint density at radius 2 is 1.29 bits per heavy atom. The summed E-state index contributed by atoms with van der Waals surface area (Å²) in [5, 5.41) is 15.4. The first-order valence-electron chi connectivity index (χ1n) is 23.8. The quantitative estimate of drug-likeness (QED) is 0.160. The number of piperidine rings is 2. The van der Waals surface area contributed by atoms with Crippen LogP contribution in [0, 0.1) is 13.8 Å². The van der Waals surface area contributed by atoms with Crippen LogP contribution in [0.15, 0.2) is 73.1 Å². The first-order valence-corrected chi connectivity index (χ1v) is 24.1. The second kappa shape index (κ2) is 21.4. The van der Waals surface area contributed by atoms with Crippen molar-refractivity contribution in [1.29, 1.82) is 0 Å². The van der Waals surface area contributed by atoms with Crippen molar-refractivity contribution >= 4 is 46.6 Å². The fraction of sp³-hybridized carbons (Fsp3) is 0.490. The van der Waals surface area contributed by atoms with Gasteiger partial charge in [-0.25, -0.2) is 33.8 Å². The van der Waals surface area contributed by atoms with E-state index in [1.165, 1.54) is 0 Å². The minimum atomic E-state index is -0.407. The van der Waals surface area contributed by atoms with Gasteiger partial charge >= 0.3 is 6.09 Å². The number of alkyl carbamates (subject to hydrolysis) is 1. The van der Waals surface area contributed by atoms with Crippen molar-refractivity contribution in [1.82, 2.24) is 59.6 Å². The molecule has 4 fully saturated rings. The number of ether oxygens (including phenoxy) is 1. The van der Waals surface area contributed by atoms with Crippen molar-refractivity contribution in [2.24, 2.45) is 5.73 Å². The number of fused-ring (bicyclic) bond motifs is 2. The van der Waals surface area contributed by atoms with Crippen molar-refractivity contribution in [2.45, 2.75) is 116 Å². The van der Waals surface area contributed by atoms with Crippen molar-refractivity contribution in [3.8, 4) is 0 Å². The van der Waals surface area contributed by atoms with Gasteiger partial charge in [0, 0.05) is 56.2 Å². The molecule has 19 heteroatoms. The summed E-state index contributed by atoms with van der Waals surface area (Å²) in [7, 11) is 0. The van der Waals surface area contributed by atoms with Crippen LogP contribution in [0.25, 0.3) is 11.3 Å². The number of halogens is 1. The highest BCUT2D eigenvalue weighted by Crippen LogP contribution is 2.33. The lowest BCUT2D eigenvalue weighted by molar-refractivity contribution is 0.0507. The number of pyridine rings is 2. The highest BCUT2D eigenvalue weighted by molar-refractivity contribution is 6.29. The van der Waals surface area contributed by atoms with Crippen LogP contribution in [0.4, 0.5) is 10.6 Å². The molecule has 0 unspecified atom stereocenters. The van der Waals surface area contributed by atoms with Crippen LogP contribution in [0.3, 0.4) is 0 Å². The highest BCUT2D eigenvalue weighted by Gasteiger charge is 2.33. The number of amides is 3.